The summed E-state index contributed by atoms with van der Waals surface area (Å²) in [5.41, 5.74) is 0.610. The summed E-state index contributed by atoms with van der Waals surface area (Å²) in [6.45, 7) is 7.33. The molecular weight excluding hydrogens is 218 g/mol. The Morgan fingerprint density at radius 1 is 1.59 bits per heavy atom. The van der Waals surface area contributed by atoms with Gasteiger partial charge >= 0.3 is 0 Å². The van der Waals surface area contributed by atoms with Gasteiger partial charge in [-0.3, -0.25) is 9.36 Å². The van der Waals surface area contributed by atoms with Crippen LogP contribution in [0, 0.1) is 6.92 Å². The van der Waals surface area contributed by atoms with Crippen molar-refractivity contribution in [1.29, 1.82) is 0 Å². The summed E-state index contributed by atoms with van der Waals surface area (Å²) in [6.07, 6.45) is 1.07. The third-order valence-corrected chi connectivity index (χ3v) is 2.72. The second kappa shape index (κ2) is 6.39. The molecule has 0 aliphatic heterocycles. The SMILES string of the molecule is CCC(C)NCCn1c(OC)nc(C)cc1=O. The second-order valence-corrected chi connectivity index (χ2v) is 4.14. The van der Waals surface area contributed by atoms with Crippen molar-refractivity contribution in [2.45, 2.75) is 39.8 Å². The fraction of sp³-hybridized carbons (Fsp3) is 0.667. The molecule has 0 aliphatic rings. The lowest BCUT2D eigenvalue weighted by atomic mass is 10.2. The molecule has 5 nitrogen and oxygen atoms in total. The molecule has 1 rings (SSSR count). The van der Waals surface area contributed by atoms with E-state index >= 15 is 0 Å². The molecular formula is C12H21N3O2. The van der Waals surface area contributed by atoms with Crippen LogP contribution in [0.1, 0.15) is 26.0 Å². The van der Waals surface area contributed by atoms with Crippen LogP contribution in [0.2, 0.25) is 0 Å². The first kappa shape index (κ1) is 13.7. The molecule has 0 fully saturated rings. The van der Waals surface area contributed by atoms with Crippen LogP contribution in [0.5, 0.6) is 6.01 Å². The van der Waals surface area contributed by atoms with Crippen LogP contribution in [-0.4, -0.2) is 29.2 Å². The van der Waals surface area contributed by atoms with E-state index < -0.39 is 0 Å². The molecule has 0 amide bonds. The van der Waals surface area contributed by atoms with Crippen LogP contribution in [0.3, 0.4) is 0 Å². The van der Waals surface area contributed by atoms with Crippen molar-refractivity contribution in [3.63, 3.8) is 0 Å². The van der Waals surface area contributed by atoms with Crippen molar-refractivity contribution >= 4 is 0 Å². The van der Waals surface area contributed by atoms with Crippen molar-refractivity contribution < 1.29 is 4.74 Å². The van der Waals surface area contributed by atoms with Crippen LogP contribution >= 0.6 is 0 Å². The van der Waals surface area contributed by atoms with E-state index in [1.165, 1.54) is 13.2 Å². The van der Waals surface area contributed by atoms with Gasteiger partial charge < -0.3 is 10.1 Å². The van der Waals surface area contributed by atoms with Gasteiger partial charge in [0, 0.05) is 30.9 Å². The normalized spacial score (nSPS) is 12.5. The van der Waals surface area contributed by atoms with Crippen molar-refractivity contribution in [2.75, 3.05) is 13.7 Å². The highest BCUT2D eigenvalue weighted by atomic mass is 16.5. The fourth-order valence-electron chi connectivity index (χ4n) is 1.52. The summed E-state index contributed by atoms with van der Waals surface area (Å²) in [4.78, 5) is 16.0. The Bertz CT molecular complexity index is 415. The van der Waals surface area contributed by atoms with Gasteiger partial charge in [0.1, 0.15) is 0 Å². The van der Waals surface area contributed by atoms with Crippen molar-refractivity contribution in [3.8, 4) is 6.01 Å². The first-order valence-corrected chi connectivity index (χ1v) is 5.94. The Morgan fingerprint density at radius 2 is 2.29 bits per heavy atom. The summed E-state index contributed by atoms with van der Waals surface area (Å²) in [5.74, 6) is 0. The molecule has 0 spiro atoms. The minimum absolute atomic E-state index is 0.0692. The Morgan fingerprint density at radius 3 is 2.88 bits per heavy atom. The van der Waals surface area contributed by atoms with Crippen molar-refractivity contribution in [3.05, 3.63) is 22.1 Å². The summed E-state index contributed by atoms with van der Waals surface area (Å²) in [5, 5.41) is 3.33. The molecule has 1 N–H and O–H groups in total. The van der Waals surface area contributed by atoms with E-state index in [2.05, 4.69) is 24.1 Å². The number of hydrogen-bond donors (Lipinski definition) is 1. The van der Waals surface area contributed by atoms with Gasteiger partial charge in [-0.15, -0.1) is 0 Å². The quantitative estimate of drug-likeness (QED) is 0.803. The van der Waals surface area contributed by atoms with Gasteiger partial charge in [0.2, 0.25) is 0 Å². The van der Waals surface area contributed by atoms with Gasteiger partial charge in [-0.1, -0.05) is 6.92 Å². The zero-order valence-corrected chi connectivity index (χ0v) is 11.0. The summed E-state index contributed by atoms with van der Waals surface area (Å²) in [6, 6.07) is 2.35. The van der Waals surface area contributed by atoms with E-state index in [0.29, 0.717) is 24.3 Å². The number of ether oxygens (including phenoxy) is 1. The average Bonchev–Trinajstić information content (AvgIpc) is 2.30. The van der Waals surface area contributed by atoms with Crippen LogP contribution in [0.15, 0.2) is 10.9 Å². The molecule has 0 aliphatic carbocycles. The molecule has 0 saturated carbocycles. The molecule has 0 bridgehead atoms. The van der Waals surface area contributed by atoms with E-state index in [4.69, 9.17) is 4.74 Å². The lowest BCUT2D eigenvalue weighted by Crippen LogP contribution is -2.32. The fourth-order valence-corrected chi connectivity index (χ4v) is 1.52. The maximum atomic E-state index is 11.8. The Balaban J connectivity index is 2.73. The Labute approximate surface area is 102 Å². The smallest absolute Gasteiger partial charge is 0.299 e. The molecule has 1 atom stereocenters. The largest absolute Gasteiger partial charge is 0.468 e. The van der Waals surface area contributed by atoms with E-state index in [0.717, 1.165) is 13.0 Å². The van der Waals surface area contributed by atoms with Gasteiger partial charge in [-0.05, 0) is 20.3 Å². The number of aromatic nitrogens is 2. The zero-order valence-electron chi connectivity index (χ0n) is 11.0. The first-order chi connectivity index (χ1) is 8.08. The molecule has 0 saturated heterocycles. The van der Waals surface area contributed by atoms with Crippen molar-refractivity contribution in [1.82, 2.24) is 14.9 Å². The van der Waals surface area contributed by atoms with E-state index in [1.54, 1.807) is 11.5 Å². The highest BCUT2D eigenvalue weighted by molar-refractivity contribution is 5.06. The summed E-state index contributed by atoms with van der Waals surface area (Å²) < 4.78 is 6.66. The van der Waals surface area contributed by atoms with Gasteiger partial charge in [0.05, 0.1) is 7.11 Å². The van der Waals surface area contributed by atoms with Crippen LogP contribution in [0.4, 0.5) is 0 Å². The predicted molar refractivity (Wildman–Crippen MR) is 67.5 cm³/mol. The van der Waals surface area contributed by atoms with Crippen LogP contribution < -0.4 is 15.6 Å². The van der Waals surface area contributed by atoms with E-state index in [-0.39, 0.29) is 5.56 Å². The number of nitrogens with one attached hydrogen (secondary N) is 1. The monoisotopic (exact) mass is 239 g/mol. The molecule has 1 unspecified atom stereocenters. The van der Waals surface area contributed by atoms with Gasteiger partial charge in [0.15, 0.2) is 0 Å². The highest BCUT2D eigenvalue weighted by Gasteiger charge is 2.07. The van der Waals surface area contributed by atoms with Gasteiger partial charge in [-0.25, -0.2) is 4.98 Å². The number of hydrogen-bond acceptors (Lipinski definition) is 4. The van der Waals surface area contributed by atoms with E-state index in [9.17, 15) is 4.79 Å². The zero-order chi connectivity index (χ0) is 12.8. The molecule has 17 heavy (non-hydrogen) atoms. The maximum Gasteiger partial charge on any atom is 0.299 e. The minimum atomic E-state index is -0.0692. The highest BCUT2D eigenvalue weighted by Crippen LogP contribution is 2.03. The van der Waals surface area contributed by atoms with Crippen molar-refractivity contribution in [2.24, 2.45) is 0 Å². The first-order valence-electron chi connectivity index (χ1n) is 5.94. The molecule has 5 heteroatoms. The average molecular weight is 239 g/mol. The Hall–Kier alpha value is -1.36. The number of rotatable bonds is 6. The number of nitrogens with zero attached hydrogens (tertiary/aromatic N) is 2. The third kappa shape index (κ3) is 3.85. The van der Waals surface area contributed by atoms with Crippen LogP contribution in [0.25, 0.3) is 0 Å². The molecule has 0 radical (unpaired) electrons. The van der Waals surface area contributed by atoms with E-state index in [1.807, 2.05) is 0 Å². The molecule has 1 heterocycles. The Kier molecular flexibility index (Phi) is 5.15. The van der Waals surface area contributed by atoms with Gasteiger partial charge in [0.25, 0.3) is 11.6 Å². The van der Waals surface area contributed by atoms with Gasteiger partial charge in [-0.2, -0.15) is 0 Å². The maximum absolute atomic E-state index is 11.8. The van der Waals surface area contributed by atoms with Crippen LogP contribution in [-0.2, 0) is 6.54 Å². The molecule has 1 aromatic heterocycles. The lowest BCUT2D eigenvalue weighted by molar-refractivity contribution is 0.340. The number of methoxy groups -OCH3 is 1. The molecule has 96 valence electrons. The molecule has 0 aromatic carbocycles. The second-order valence-electron chi connectivity index (χ2n) is 4.14. The third-order valence-electron chi connectivity index (χ3n) is 2.72. The standard InChI is InChI=1S/C12H21N3O2/c1-5-9(2)13-6-7-15-11(16)8-10(3)14-12(15)17-4/h8-9,13H,5-7H2,1-4H3. The topological polar surface area (TPSA) is 56.1 Å². The minimum Gasteiger partial charge on any atom is -0.468 e. The summed E-state index contributed by atoms with van der Waals surface area (Å²) in [7, 11) is 1.53. The lowest BCUT2D eigenvalue weighted by Gasteiger charge is -2.14. The number of aryl methyl sites for hydroxylation is 1. The summed E-state index contributed by atoms with van der Waals surface area (Å²) >= 11 is 0. The predicted octanol–water partition coefficient (Wildman–Crippen LogP) is 0.948. The molecule has 1 aromatic rings.